The summed E-state index contributed by atoms with van der Waals surface area (Å²) in [6.45, 7) is 7.16. The molecule has 0 saturated carbocycles. The molecule has 5 nitrogen and oxygen atoms in total. The highest BCUT2D eigenvalue weighted by molar-refractivity contribution is 6.17. The second kappa shape index (κ2) is 5.92. The molecule has 25 heavy (non-hydrogen) atoms. The van der Waals surface area contributed by atoms with Crippen molar-refractivity contribution in [2.75, 3.05) is 4.90 Å². The van der Waals surface area contributed by atoms with Crippen LogP contribution in [-0.4, -0.2) is 16.8 Å². The van der Waals surface area contributed by atoms with Gasteiger partial charge in [-0.25, -0.2) is 0 Å². The Morgan fingerprint density at radius 1 is 1.16 bits per heavy atom. The number of carbonyl (C=O) groups is 2. The lowest BCUT2D eigenvalue weighted by molar-refractivity contribution is -0.123. The highest BCUT2D eigenvalue weighted by atomic mass is 16.3. The van der Waals surface area contributed by atoms with Crippen LogP contribution in [0, 0.1) is 12.3 Å². The molecule has 1 N–H and O–H groups in total. The molecule has 130 valence electrons. The minimum absolute atomic E-state index is 0.0794. The number of para-hydroxylation sites is 1. The lowest BCUT2D eigenvalue weighted by Gasteiger charge is -2.28. The summed E-state index contributed by atoms with van der Waals surface area (Å²) in [6, 6.07) is 9.98. The zero-order valence-corrected chi connectivity index (χ0v) is 14.7. The number of ketones is 1. The summed E-state index contributed by atoms with van der Waals surface area (Å²) in [5.41, 5.74) is 0.841. The maximum Gasteiger partial charge on any atom is 0.294 e. The number of furan rings is 1. The second-order valence-corrected chi connectivity index (χ2v) is 7.22. The Balaban J connectivity index is 2.21. The first-order chi connectivity index (χ1) is 11.7. The van der Waals surface area contributed by atoms with Gasteiger partial charge < -0.3 is 9.52 Å². The van der Waals surface area contributed by atoms with Gasteiger partial charge in [0, 0.05) is 11.1 Å². The Kier molecular flexibility index (Phi) is 4.03. The van der Waals surface area contributed by atoms with Crippen molar-refractivity contribution in [3.8, 4) is 0 Å². The van der Waals surface area contributed by atoms with E-state index in [0.717, 1.165) is 5.56 Å². The molecule has 0 saturated heterocycles. The number of hydrogen-bond donors (Lipinski definition) is 1. The Morgan fingerprint density at radius 3 is 2.40 bits per heavy atom. The molecule has 1 aromatic heterocycles. The van der Waals surface area contributed by atoms with Crippen molar-refractivity contribution in [2.24, 2.45) is 5.41 Å². The van der Waals surface area contributed by atoms with E-state index in [9.17, 15) is 14.7 Å². The van der Waals surface area contributed by atoms with Crippen molar-refractivity contribution >= 4 is 17.4 Å². The van der Waals surface area contributed by atoms with Crippen LogP contribution >= 0.6 is 0 Å². The molecule has 1 aromatic carbocycles. The number of nitrogens with zero attached hydrogens (tertiary/aromatic N) is 1. The van der Waals surface area contributed by atoms with Gasteiger partial charge >= 0.3 is 0 Å². The van der Waals surface area contributed by atoms with Crippen LogP contribution in [0.5, 0.6) is 0 Å². The third kappa shape index (κ3) is 2.76. The highest BCUT2D eigenvalue weighted by Crippen LogP contribution is 2.44. The van der Waals surface area contributed by atoms with E-state index >= 15 is 0 Å². The van der Waals surface area contributed by atoms with E-state index in [1.165, 1.54) is 11.2 Å². The summed E-state index contributed by atoms with van der Waals surface area (Å²) < 4.78 is 5.51. The predicted molar refractivity (Wildman–Crippen MR) is 94.2 cm³/mol. The summed E-state index contributed by atoms with van der Waals surface area (Å²) in [6.07, 6.45) is 1.49. The number of amides is 1. The monoisotopic (exact) mass is 339 g/mol. The van der Waals surface area contributed by atoms with Gasteiger partial charge in [0.15, 0.2) is 11.5 Å². The van der Waals surface area contributed by atoms with Gasteiger partial charge in [0.25, 0.3) is 5.91 Å². The molecule has 0 spiro atoms. The smallest absolute Gasteiger partial charge is 0.294 e. The topological polar surface area (TPSA) is 70.8 Å². The molecule has 1 atom stereocenters. The number of hydrogen-bond acceptors (Lipinski definition) is 4. The maximum atomic E-state index is 13.0. The molecule has 2 aromatic rings. The average molecular weight is 339 g/mol. The number of benzene rings is 1. The second-order valence-electron chi connectivity index (χ2n) is 7.22. The van der Waals surface area contributed by atoms with Gasteiger partial charge in [-0.3, -0.25) is 14.5 Å². The average Bonchev–Trinajstić information content (AvgIpc) is 3.15. The standard InChI is InChI=1S/C20H21NO4/c1-12-8-5-6-9-13(12)21-16(14-10-7-11-25-14)15(17(22)19(21)24)18(23)20(2,3)4/h5-11,16,22H,1-4H3. The van der Waals surface area contributed by atoms with E-state index in [-0.39, 0.29) is 11.4 Å². The number of Topliss-reactive ketones (excluding diaryl/α,β-unsaturated/α-hetero) is 1. The van der Waals surface area contributed by atoms with Crippen molar-refractivity contribution in [1.29, 1.82) is 0 Å². The molecule has 0 radical (unpaired) electrons. The molecule has 1 aliphatic heterocycles. The van der Waals surface area contributed by atoms with Crippen LogP contribution in [0.3, 0.4) is 0 Å². The molecular weight excluding hydrogens is 318 g/mol. The SMILES string of the molecule is Cc1ccccc1N1C(=O)C(O)=C(C(=O)C(C)(C)C)C1c1ccco1. The molecule has 0 bridgehead atoms. The van der Waals surface area contributed by atoms with Crippen molar-refractivity contribution in [3.63, 3.8) is 0 Å². The fourth-order valence-electron chi connectivity index (χ4n) is 3.04. The van der Waals surface area contributed by atoms with Crippen LogP contribution in [0.25, 0.3) is 0 Å². The van der Waals surface area contributed by atoms with E-state index in [2.05, 4.69) is 0 Å². The van der Waals surface area contributed by atoms with E-state index in [1.807, 2.05) is 25.1 Å². The number of rotatable bonds is 3. The molecule has 0 aliphatic carbocycles. The molecule has 2 heterocycles. The van der Waals surface area contributed by atoms with Gasteiger partial charge in [0.2, 0.25) is 0 Å². The zero-order valence-electron chi connectivity index (χ0n) is 14.7. The summed E-state index contributed by atoms with van der Waals surface area (Å²) >= 11 is 0. The molecule has 1 unspecified atom stereocenters. The van der Waals surface area contributed by atoms with Crippen molar-refractivity contribution in [2.45, 2.75) is 33.7 Å². The number of carbonyl (C=O) groups excluding carboxylic acids is 2. The fourth-order valence-corrected chi connectivity index (χ4v) is 3.04. The Labute approximate surface area is 146 Å². The number of aliphatic hydroxyl groups is 1. The first-order valence-corrected chi connectivity index (χ1v) is 8.14. The first kappa shape index (κ1) is 17.0. The predicted octanol–water partition coefficient (Wildman–Crippen LogP) is 4.10. The van der Waals surface area contributed by atoms with Gasteiger partial charge in [-0.05, 0) is 30.7 Å². The van der Waals surface area contributed by atoms with Gasteiger partial charge in [0.1, 0.15) is 11.8 Å². The Hall–Kier alpha value is -2.82. The van der Waals surface area contributed by atoms with Gasteiger partial charge in [0.05, 0.1) is 11.8 Å². The maximum absolute atomic E-state index is 13.0. The largest absolute Gasteiger partial charge is 0.503 e. The van der Waals surface area contributed by atoms with E-state index in [4.69, 9.17) is 4.42 Å². The normalized spacial score (nSPS) is 18.2. The molecule has 5 heteroatoms. The van der Waals surface area contributed by atoms with E-state index in [1.54, 1.807) is 39.0 Å². The van der Waals surface area contributed by atoms with Gasteiger partial charge in [-0.1, -0.05) is 39.0 Å². The highest BCUT2D eigenvalue weighted by Gasteiger charge is 2.48. The molecule has 0 fully saturated rings. The van der Waals surface area contributed by atoms with Crippen LogP contribution in [0.2, 0.25) is 0 Å². The van der Waals surface area contributed by atoms with Crippen LogP contribution in [0.4, 0.5) is 5.69 Å². The van der Waals surface area contributed by atoms with E-state index < -0.39 is 23.1 Å². The third-order valence-electron chi connectivity index (χ3n) is 4.32. The van der Waals surface area contributed by atoms with E-state index in [0.29, 0.717) is 11.4 Å². The Morgan fingerprint density at radius 2 is 1.84 bits per heavy atom. The molecule has 3 rings (SSSR count). The first-order valence-electron chi connectivity index (χ1n) is 8.14. The van der Waals surface area contributed by atoms with Crippen LogP contribution in [0.1, 0.15) is 38.1 Å². The van der Waals surface area contributed by atoms with Crippen LogP contribution in [0.15, 0.2) is 58.4 Å². The molecule has 1 aliphatic rings. The lowest BCUT2D eigenvalue weighted by Crippen LogP contribution is -2.33. The number of aryl methyl sites for hydroxylation is 1. The quantitative estimate of drug-likeness (QED) is 0.914. The van der Waals surface area contributed by atoms with Crippen molar-refractivity contribution < 1.29 is 19.1 Å². The van der Waals surface area contributed by atoms with Crippen molar-refractivity contribution in [3.05, 3.63) is 65.3 Å². The van der Waals surface area contributed by atoms with Crippen LogP contribution in [-0.2, 0) is 9.59 Å². The molecule has 1 amide bonds. The lowest BCUT2D eigenvalue weighted by atomic mass is 9.83. The Bertz CT molecular complexity index is 856. The minimum atomic E-state index is -0.782. The fraction of sp³-hybridized carbons (Fsp3) is 0.300. The summed E-state index contributed by atoms with van der Waals surface area (Å²) in [4.78, 5) is 27.2. The van der Waals surface area contributed by atoms with Crippen molar-refractivity contribution in [1.82, 2.24) is 0 Å². The number of anilines is 1. The summed E-state index contributed by atoms with van der Waals surface area (Å²) in [7, 11) is 0. The zero-order chi connectivity index (χ0) is 18.4. The van der Waals surface area contributed by atoms with Gasteiger partial charge in [-0.2, -0.15) is 0 Å². The summed E-state index contributed by atoms with van der Waals surface area (Å²) in [5.74, 6) is -0.947. The molecular formula is C20H21NO4. The minimum Gasteiger partial charge on any atom is -0.503 e. The van der Waals surface area contributed by atoms with Crippen LogP contribution < -0.4 is 4.90 Å². The third-order valence-corrected chi connectivity index (χ3v) is 4.32. The summed E-state index contributed by atoms with van der Waals surface area (Å²) in [5, 5.41) is 10.5. The number of aliphatic hydroxyl groups excluding tert-OH is 1. The van der Waals surface area contributed by atoms with Gasteiger partial charge in [-0.15, -0.1) is 0 Å².